The van der Waals surface area contributed by atoms with Gasteiger partial charge in [0.05, 0.1) is 13.2 Å². The number of nitrogens with two attached hydrogens (primary N) is 1. The molecular weight excluding hydrogens is 277 g/mol. The Morgan fingerprint density at radius 1 is 1.05 bits per heavy atom. The molecule has 0 aliphatic heterocycles. The number of rotatable bonds is 7. The highest BCUT2D eigenvalue weighted by atomic mass is 31.2. The Labute approximate surface area is 121 Å². The lowest BCUT2D eigenvalue weighted by Gasteiger charge is -2.51. The molecular formula is C14H26NO4P. The summed E-state index contributed by atoms with van der Waals surface area (Å²) in [4.78, 5) is 12.7. The van der Waals surface area contributed by atoms with Crippen LogP contribution >= 0.6 is 7.60 Å². The summed E-state index contributed by atoms with van der Waals surface area (Å²) in [5, 5.41) is 0. The van der Waals surface area contributed by atoms with E-state index in [0.29, 0.717) is 13.2 Å². The molecule has 20 heavy (non-hydrogen) atoms. The number of carbonyl (C=O) groups excluding carboxylic acids is 1. The Hall–Kier alpha value is -0.220. The predicted octanol–water partition coefficient (Wildman–Crippen LogP) is 2.87. The fraction of sp³-hybridized carbons (Fsp3) is 0.929. The maximum Gasteiger partial charge on any atom is 0.338 e. The van der Waals surface area contributed by atoms with Gasteiger partial charge in [-0.15, -0.1) is 0 Å². The fourth-order valence-electron chi connectivity index (χ4n) is 3.50. The Balaban J connectivity index is 2.06. The molecule has 0 aromatic rings. The molecule has 0 saturated heterocycles. The van der Waals surface area contributed by atoms with Gasteiger partial charge in [0.1, 0.15) is 6.16 Å². The molecule has 5 nitrogen and oxygen atoms in total. The van der Waals surface area contributed by atoms with Gasteiger partial charge in [0.25, 0.3) is 0 Å². The second kappa shape index (κ2) is 5.88. The molecule has 0 aromatic carbocycles. The highest BCUT2D eigenvalue weighted by molar-refractivity contribution is 7.54. The maximum absolute atomic E-state index is 12.7. The van der Waals surface area contributed by atoms with Gasteiger partial charge in [0, 0.05) is 11.0 Å². The summed E-state index contributed by atoms with van der Waals surface area (Å²) >= 11 is 0. The van der Waals surface area contributed by atoms with Crippen LogP contribution in [0.1, 0.15) is 52.4 Å². The second-order valence-electron chi connectivity index (χ2n) is 6.17. The van der Waals surface area contributed by atoms with Crippen LogP contribution in [0.25, 0.3) is 0 Å². The normalized spacial score (nSPS) is 33.4. The molecule has 2 N–H and O–H groups in total. The van der Waals surface area contributed by atoms with Crippen LogP contribution < -0.4 is 5.73 Å². The van der Waals surface area contributed by atoms with Gasteiger partial charge in [-0.1, -0.05) is 0 Å². The van der Waals surface area contributed by atoms with Crippen molar-refractivity contribution in [2.45, 2.75) is 57.9 Å². The lowest BCUT2D eigenvalue weighted by molar-refractivity contribution is -0.132. The molecule has 0 spiro atoms. The smallest absolute Gasteiger partial charge is 0.325 e. The van der Waals surface area contributed by atoms with Gasteiger partial charge < -0.3 is 14.8 Å². The third kappa shape index (κ3) is 3.16. The van der Waals surface area contributed by atoms with Crippen molar-refractivity contribution < 1.29 is 18.4 Å². The van der Waals surface area contributed by atoms with E-state index in [9.17, 15) is 9.36 Å². The molecule has 0 amide bonds. The third-order valence-electron chi connectivity index (χ3n) is 4.88. The Bertz CT molecular complexity index is 389. The second-order valence-corrected chi connectivity index (χ2v) is 8.22. The predicted molar refractivity (Wildman–Crippen MR) is 77.8 cm³/mol. The van der Waals surface area contributed by atoms with Gasteiger partial charge in [0.2, 0.25) is 0 Å². The SMILES string of the molecule is CCOP(=O)(CC(=O)C12CCC(N)(CC1)CC2)OCC. The van der Waals surface area contributed by atoms with Gasteiger partial charge in [-0.3, -0.25) is 9.36 Å². The van der Waals surface area contributed by atoms with E-state index in [2.05, 4.69) is 0 Å². The van der Waals surface area contributed by atoms with E-state index in [1.54, 1.807) is 13.8 Å². The van der Waals surface area contributed by atoms with Gasteiger partial charge in [-0.05, 0) is 52.4 Å². The summed E-state index contributed by atoms with van der Waals surface area (Å²) < 4.78 is 23.0. The molecule has 3 rings (SSSR count). The van der Waals surface area contributed by atoms with Crippen LogP contribution in [0.2, 0.25) is 0 Å². The largest absolute Gasteiger partial charge is 0.338 e. The van der Waals surface area contributed by atoms with Gasteiger partial charge in [0.15, 0.2) is 5.78 Å². The molecule has 3 aliphatic carbocycles. The summed E-state index contributed by atoms with van der Waals surface area (Å²) in [6.07, 6.45) is 5.05. The first-order valence-corrected chi connectivity index (χ1v) is 9.30. The van der Waals surface area contributed by atoms with Crippen molar-refractivity contribution in [3.05, 3.63) is 0 Å². The molecule has 0 radical (unpaired) electrons. The molecule has 3 fully saturated rings. The first kappa shape index (κ1) is 16.2. The van der Waals surface area contributed by atoms with E-state index in [1.807, 2.05) is 0 Å². The number of hydrogen-bond acceptors (Lipinski definition) is 5. The van der Waals surface area contributed by atoms with Crippen molar-refractivity contribution in [2.24, 2.45) is 11.1 Å². The Morgan fingerprint density at radius 3 is 1.90 bits per heavy atom. The van der Waals surface area contributed by atoms with E-state index in [0.717, 1.165) is 38.5 Å². The van der Waals surface area contributed by atoms with Crippen molar-refractivity contribution in [3.63, 3.8) is 0 Å². The standard InChI is InChI=1S/C14H26NO4P/c1-3-18-20(17,19-4-2)11-12(16)13-5-8-14(15,9-6-13)10-7-13/h3-11,15H2,1-2H3. The van der Waals surface area contributed by atoms with Gasteiger partial charge in [-0.2, -0.15) is 0 Å². The van der Waals surface area contributed by atoms with E-state index < -0.39 is 7.60 Å². The molecule has 2 bridgehead atoms. The summed E-state index contributed by atoms with van der Waals surface area (Å²) in [7, 11) is -3.28. The number of Topliss-reactive ketones (excluding diaryl/α,β-unsaturated/α-hetero) is 1. The zero-order valence-corrected chi connectivity index (χ0v) is 13.4. The lowest BCUT2D eigenvalue weighted by Crippen LogP contribution is -2.54. The zero-order valence-electron chi connectivity index (χ0n) is 12.5. The first-order valence-electron chi connectivity index (χ1n) is 7.57. The molecule has 0 heterocycles. The minimum atomic E-state index is -3.28. The minimum absolute atomic E-state index is 0.0458. The highest BCUT2D eigenvalue weighted by Gasteiger charge is 2.51. The quantitative estimate of drug-likeness (QED) is 0.732. The van der Waals surface area contributed by atoms with E-state index >= 15 is 0 Å². The molecule has 0 atom stereocenters. The number of carbonyl (C=O) groups is 1. The van der Waals surface area contributed by atoms with Crippen LogP contribution in [-0.4, -0.2) is 30.7 Å². The van der Waals surface area contributed by atoms with E-state index in [4.69, 9.17) is 14.8 Å². The van der Waals surface area contributed by atoms with Crippen LogP contribution in [0.5, 0.6) is 0 Å². The molecule has 3 aliphatic rings. The molecule has 6 heteroatoms. The molecule has 0 aromatic heterocycles. The Morgan fingerprint density at radius 2 is 1.50 bits per heavy atom. The molecule has 3 saturated carbocycles. The van der Waals surface area contributed by atoms with Crippen LogP contribution in [0.4, 0.5) is 0 Å². The van der Waals surface area contributed by atoms with Crippen LogP contribution in [0.3, 0.4) is 0 Å². The highest BCUT2D eigenvalue weighted by Crippen LogP contribution is 2.55. The van der Waals surface area contributed by atoms with Crippen molar-refractivity contribution in [2.75, 3.05) is 19.4 Å². The van der Waals surface area contributed by atoms with E-state index in [-0.39, 0.29) is 22.9 Å². The van der Waals surface area contributed by atoms with Crippen molar-refractivity contribution in [3.8, 4) is 0 Å². The number of ketones is 1. The van der Waals surface area contributed by atoms with Crippen LogP contribution in [-0.2, 0) is 18.4 Å². The molecule has 116 valence electrons. The number of fused-ring (bicyclic) bond motifs is 3. The first-order chi connectivity index (χ1) is 9.37. The topological polar surface area (TPSA) is 78.6 Å². The number of hydrogen-bond donors (Lipinski definition) is 1. The monoisotopic (exact) mass is 303 g/mol. The fourth-order valence-corrected chi connectivity index (χ4v) is 5.23. The van der Waals surface area contributed by atoms with E-state index in [1.165, 1.54) is 0 Å². The van der Waals surface area contributed by atoms with Gasteiger partial charge in [-0.25, -0.2) is 0 Å². The summed E-state index contributed by atoms with van der Waals surface area (Å²) in [6.45, 7) is 4.11. The average molecular weight is 303 g/mol. The summed E-state index contributed by atoms with van der Waals surface area (Å²) in [5.41, 5.74) is 5.87. The summed E-state index contributed by atoms with van der Waals surface area (Å²) in [5.74, 6) is 0.0458. The minimum Gasteiger partial charge on any atom is -0.325 e. The summed E-state index contributed by atoms with van der Waals surface area (Å²) in [6, 6.07) is 0. The molecule has 0 unspecified atom stereocenters. The average Bonchev–Trinajstić information content (AvgIpc) is 2.40. The van der Waals surface area contributed by atoms with Crippen molar-refractivity contribution in [1.29, 1.82) is 0 Å². The zero-order chi connectivity index (χ0) is 14.9. The third-order valence-corrected chi connectivity index (χ3v) is 6.86. The van der Waals surface area contributed by atoms with Crippen molar-refractivity contribution in [1.82, 2.24) is 0 Å². The van der Waals surface area contributed by atoms with Crippen LogP contribution in [0.15, 0.2) is 0 Å². The Kier molecular flexibility index (Phi) is 4.75. The van der Waals surface area contributed by atoms with Crippen LogP contribution in [0, 0.1) is 5.41 Å². The lowest BCUT2D eigenvalue weighted by atomic mass is 9.56. The van der Waals surface area contributed by atoms with Gasteiger partial charge >= 0.3 is 7.60 Å². The maximum atomic E-state index is 12.7. The van der Waals surface area contributed by atoms with Crippen molar-refractivity contribution >= 4 is 13.4 Å².